The Morgan fingerprint density at radius 1 is 1.71 bits per heavy atom. The molecule has 1 unspecified atom stereocenters. The molecule has 0 amide bonds. The highest BCUT2D eigenvalue weighted by Crippen LogP contribution is 1.45. The van der Waals surface area contributed by atoms with Crippen LogP contribution in [0, 0.1) is 0 Å². The molecule has 0 aliphatic rings. The number of rotatable bonds is 3. The van der Waals surface area contributed by atoms with Gasteiger partial charge in [0.25, 0.3) is 0 Å². The highest BCUT2D eigenvalue weighted by molar-refractivity contribution is 4.32. The Kier molecular flexibility index (Phi) is 3.92. The zero-order valence-electron chi connectivity index (χ0n) is 4.86. The average Bonchev–Trinajstić information content (AvgIpc) is 1.68. The van der Waals surface area contributed by atoms with E-state index in [9.17, 15) is 0 Å². The van der Waals surface area contributed by atoms with Crippen molar-refractivity contribution < 1.29 is 9.96 Å². The van der Waals surface area contributed by atoms with E-state index in [0.717, 1.165) is 5.12 Å². The molecule has 2 N–H and O–H groups in total. The van der Waals surface area contributed by atoms with Gasteiger partial charge >= 0.3 is 0 Å². The van der Waals surface area contributed by atoms with Crippen LogP contribution < -0.4 is 10.7 Å². The quantitative estimate of drug-likeness (QED) is 0.428. The number of quaternary nitrogens is 1. The molecule has 4 heteroatoms. The lowest BCUT2D eigenvalue weighted by atomic mass is 11.3. The molecule has 0 aromatic rings. The second kappa shape index (κ2) is 4.01. The predicted molar refractivity (Wildman–Crippen MR) is 26.3 cm³/mol. The molecule has 0 saturated carbocycles. The Labute approximate surface area is 43.3 Å². The van der Waals surface area contributed by atoms with E-state index in [4.69, 9.17) is 0 Å². The van der Waals surface area contributed by atoms with Crippen molar-refractivity contribution in [2.24, 2.45) is 0 Å². The van der Waals surface area contributed by atoms with Gasteiger partial charge in [0.05, 0.1) is 14.2 Å². The minimum absolute atomic E-state index is 0.780. The Hall–Kier alpha value is -0.160. The van der Waals surface area contributed by atoms with Gasteiger partial charge in [0.2, 0.25) is 0 Å². The molecule has 0 aliphatic heterocycles. The summed E-state index contributed by atoms with van der Waals surface area (Å²) in [5, 5.41) is 0.780. The fraction of sp³-hybridized carbons (Fsp3) is 1.00. The van der Waals surface area contributed by atoms with Gasteiger partial charge < -0.3 is 10.5 Å². The normalized spacial score (nSPS) is 14.1. The second-order valence-corrected chi connectivity index (χ2v) is 1.12. The van der Waals surface area contributed by atoms with Gasteiger partial charge in [-0.15, -0.1) is 7.05 Å². The first-order valence-electron chi connectivity index (χ1n) is 2.03. The van der Waals surface area contributed by atoms with Gasteiger partial charge in [0.1, 0.15) is 0 Å². The maximum Gasteiger partial charge on any atom is 0.0769 e. The van der Waals surface area contributed by atoms with Crippen molar-refractivity contribution in [3.05, 3.63) is 5.43 Å². The minimum atomic E-state index is 0.780. The number of hydrogen-bond acceptors (Lipinski definition) is 2. The summed E-state index contributed by atoms with van der Waals surface area (Å²) in [5.41, 5.74) is 6.30. The molecule has 0 aliphatic carbocycles. The van der Waals surface area contributed by atoms with Crippen LogP contribution in [0.5, 0.6) is 0 Å². The molecule has 0 spiro atoms. The monoisotopic (exact) mass is 105 g/mol. The van der Waals surface area contributed by atoms with Crippen LogP contribution in [0.1, 0.15) is 0 Å². The van der Waals surface area contributed by atoms with Gasteiger partial charge in [-0.2, -0.15) is 0 Å². The summed E-state index contributed by atoms with van der Waals surface area (Å²) in [4.78, 5) is 4.51. The molecule has 0 bridgehead atoms. The maximum absolute atomic E-state index is 4.51. The molecule has 0 rings (SSSR count). The van der Waals surface area contributed by atoms with E-state index in [1.54, 1.807) is 14.2 Å². The summed E-state index contributed by atoms with van der Waals surface area (Å²) in [7, 11) is 5.07. The van der Waals surface area contributed by atoms with Gasteiger partial charge in [0, 0.05) is 0 Å². The van der Waals surface area contributed by atoms with Crippen molar-refractivity contribution >= 4 is 0 Å². The van der Waals surface area contributed by atoms with Gasteiger partial charge in [0.15, 0.2) is 0 Å². The number of nitrogens with zero attached hydrogens (tertiary/aromatic N) is 1. The topological polar surface area (TPSA) is 39.8 Å². The molecule has 0 saturated heterocycles. The molecular weight excluding hydrogens is 94.1 g/mol. The van der Waals surface area contributed by atoms with E-state index in [-0.39, 0.29) is 0 Å². The van der Waals surface area contributed by atoms with E-state index in [0.29, 0.717) is 0 Å². The molecule has 0 aromatic carbocycles. The number of hydrogen-bond donors (Lipinski definition) is 2. The fourth-order valence-corrected chi connectivity index (χ4v) is 0.193. The molecular formula is C3H11N3O. The van der Waals surface area contributed by atoms with E-state index in [1.807, 2.05) is 7.05 Å². The largest absolute Gasteiger partial charge is 0.435 e. The molecule has 7 heavy (non-hydrogen) atoms. The molecule has 0 fully saturated rings. The average molecular weight is 105 g/mol. The van der Waals surface area contributed by atoms with Crippen molar-refractivity contribution in [1.29, 1.82) is 0 Å². The molecule has 44 valence electrons. The van der Waals surface area contributed by atoms with E-state index >= 15 is 0 Å². The third-order valence-corrected chi connectivity index (χ3v) is 0.585. The smallest absolute Gasteiger partial charge is 0.0769 e. The second-order valence-electron chi connectivity index (χ2n) is 1.12. The lowest BCUT2D eigenvalue weighted by molar-refractivity contribution is -0.919. The standard InChI is InChI=1S/C3H11N3O/c1-4-6(2)5-7-3/h5-6H,1-3H3. The van der Waals surface area contributed by atoms with Crippen LogP contribution in [0.25, 0.3) is 5.43 Å². The van der Waals surface area contributed by atoms with E-state index < -0.39 is 0 Å². The number of nitrogens with one attached hydrogen (secondary N) is 2. The zero-order valence-corrected chi connectivity index (χ0v) is 4.86. The van der Waals surface area contributed by atoms with Crippen LogP contribution >= 0.6 is 0 Å². The highest BCUT2D eigenvalue weighted by atomic mass is 16.7. The van der Waals surface area contributed by atoms with Crippen LogP contribution in [0.3, 0.4) is 0 Å². The molecule has 0 heterocycles. The van der Waals surface area contributed by atoms with Crippen LogP contribution in [-0.2, 0) is 4.84 Å². The summed E-state index contributed by atoms with van der Waals surface area (Å²) in [6.07, 6.45) is 0. The van der Waals surface area contributed by atoms with Crippen molar-refractivity contribution in [3.8, 4) is 0 Å². The Balaban J connectivity index is 2.83. The lowest BCUT2D eigenvalue weighted by Gasteiger charge is -2.20. The van der Waals surface area contributed by atoms with Gasteiger partial charge in [-0.05, 0) is 0 Å². The van der Waals surface area contributed by atoms with Crippen molar-refractivity contribution in [2.75, 3.05) is 21.2 Å². The van der Waals surface area contributed by atoms with Crippen LogP contribution in [0.4, 0.5) is 0 Å². The van der Waals surface area contributed by atoms with Gasteiger partial charge in [-0.25, -0.2) is 0 Å². The first kappa shape index (κ1) is 6.84. The fourth-order valence-electron chi connectivity index (χ4n) is 0.193. The molecule has 0 radical (unpaired) electrons. The highest BCUT2D eigenvalue weighted by Gasteiger charge is 1.77. The Morgan fingerprint density at radius 3 is 2.43 bits per heavy atom. The van der Waals surface area contributed by atoms with E-state index in [1.165, 1.54) is 0 Å². The van der Waals surface area contributed by atoms with Crippen LogP contribution in [-0.4, -0.2) is 21.2 Å². The van der Waals surface area contributed by atoms with Crippen molar-refractivity contribution in [1.82, 2.24) is 5.59 Å². The summed E-state index contributed by atoms with van der Waals surface area (Å²) >= 11 is 0. The first-order chi connectivity index (χ1) is 3.31. The zero-order chi connectivity index (χ0) is 5.70. The summed E-state index contributed by atoms with van der Waals surface area (Å²) in [6, 6.07) is 0. The lowest BCUT2D eigenvalue weighted by Crippen LogP contribution is -3.11. The molecule has 4 nitrogen and oxygen atoms in total. The maximum atomic E-state index is 4.51. The van der Waals surface area contributed by atoms with Crippen LogP contribution in [0.2, 0.25) is 0 Å². The summed E-state index contributed by atoms with van der Waals surface area (Å²) in [6.45, 7) is 0. The minimum Gasteiger partial charge on any atom is -0.435 e. The Bertz CT molecular complexity index is 41.2. The first-order valence-corrected chi connectivity index (χ1v) is 2.03. The van der Waals surface area contributed by atoms with Gasteiger partial charge in [-0.1, -0.05) is 5.59 Å². The van der Waals surface area contributed by atoms with Crippen LogP contribution in [0.15, 0.2) is 0 Å². The van der Waals surface area contributed by atoms with Gasteiger partial charge in [-0.3, -0.25) is 4.84 Å². The third-order valence-electron chi connectivity index (χ3n) is 0.585. The Morgan fingerprint density at radius 2 is 2.29 bits per heavy atom. The SMILES string of the molecule is C[N-][NH+](C)NOC. The molecule has 1 atom stereocenters. The van der Waals surface area contributed by atoms with E-state index in [2.05, 4.69) is 15.9 Å². The van der Waals surface area contributed by atoms with Crippen molar-refractivity contribution in [2.45, 2.75) is 0 Å². The summed E-state index contributed by atoms with van der Waals surface area (Å²) < 4.78 is 0. The summed E-state index contributed by atoms with van der Waals surface area (Å²) in [5.74, 6) is 0. The van der Waals surface area contributed by atoms with Crippen molar-refractivity contribution in [3.63, 3.8) is 0 Å². The predicted octanol–water partition coefficient (Wildman–Crippen LogP) is -1.51. The molecule has 0 aromatic heterocycles. The third kappa shape index (κ3) is 3.68.